The van der Waals surface area contributed by atoms with E-state index in [4.69, 9.17) is 4.42 Å². The van der Waals surface area contributed by atoms with Crippen molar-refractivity contribution in [3.05, 3.63) is 28.7 Å². The van der Waals surface area contributed by atoms with Crippen LogP contribution in [0.2, 0.25) is 0 Å². The van der Waals surface area contributed by atoms with Gasteiger partial charge in [-0.3, -0.25) is 0 Å². The second kappa shape index (κ2) is 4.50. The summed E-state index contributed by atoms with van der Waals surface area (Å²) in [7, 11) is 1.82. The normalized spacial score (nSPS) is 10.5. The van der Waals surface area contributed by atoms with Crippen LogP contribution in [0.5, 0.6) is 0 Å². The highest BCUT2D eigenvalue weighted by Gasteiger charge is 2.08. The molecule has 0 spiro atoms. The zero-order valence-electron chi connectivity index (χ0n) is 8.07. The van der Waals surface area contributed by atoms with E-state index in [2.05, 4.69) is 36.4 Å². The number of aromatic nitrogens is 3. The van der Waals surface area contributed by atoms with Crippen LogP contribution in [0.3, 0.4) is 0 Å². The largest absolute Gasteiger partial charge is 0.418 e. The summed E-state index contributed by atoms with van der Waals surface area (Å²) in [6, 6.07) is 3.70. The lowest BCUT2D eigenvalue weighted by molar-refractivity contribution is 0.489. The third-order valence-electron chi connectivity index (χ3n) is 1.74. The van der Waals surface area contributed by atoms with Crippen molar-refractivity contribution in [1.29, 1.82) is 0 Å². The fourth-order valence-corrected chi connectivity index (χ4v) is 1.32. The van der Waals surface area contributed by atoms with Crippen molar-refractivity contribution in [2.75, 3.05) is 7.05 Å². The van der Waals surface area contributed by atoms with Gasteiger partial charge in [-0.1, -0.05) is 0 Å². The van der Waals surface area contributed by atoms with Crippen molar-refractivity contribution in [3.63, 3.8) is 0 Å². The molecule has 0 aromatic carbocycles. The number of rotatable bonds is 3. The van der Waals surface area contributed by atoms with E-state index in [1.165, 1.54) is 0 Å². The van der Waals surface area contributed by atoms with Gasteiger partial charge < -0.3 is 9.73 Å². The molecule has 0 bridgehead atoms. The van der Waals surface area contributed by atoms with Crippen LogP contribution < -0.4 is 5.32 Å². The lowest BCUT2D eigenvalue weighted by Crippen LogP contribution is -2.04. The van der Waals surface area contributed by atoms with Crippen LogP contribution in [0.25, 0.3) is 11.6 Å². The first kappa shape index (κ1) is 10.3. The summed E-state index contributed by atoms with van der Waals surface area (Å²) in [5.74, 6) is 0.991. The molecule has 5 nitrogen and oxygen atoms in total. The zero-order valence-corrected chi connectivity index (χ0v) is 9.65. The van der Waals surface area contributed by atoms with Crippen LogP contribution >= 0.6 is 15.9 Å². The predicted octanol–water partition coefficient (Wildman–Crippen LogP) is 1.61. The average molecular weight is 269 g/mol. The molecule has 0 amide bonds. The van der Waals surface area contributed by atoms with Crippen LogP contribution in [-0.4, -0.2) is 22.2 Å². The third-order valence-corrected chi connectivity index (χ3v) is 2.21. The van der Waals surface area contributed by atoms with Gasteiger partial charge in [0.05, 0.1) is 6.54 Å². The SMILES string of the molecule is CNCc1nnc(-c2ccc(Br)cn2)o1. The highest BCUT2D eigenvalue weighted by molar-refractivity contribution is 9.10. The molecule has 0 fully saturated rings. The Kier molecular flexibility index (Phi) is 3.08. The highest BCUT2D eigenvalue weighted by Crippen LogP contribution is 2.17. The maximum Gasteiger partial charge on any atom is 0.266 e. The first-order chi connectivity index (χ1) is 7.29. The Balaban J connectivity index is 2.25. The van der Waals surface area contributed by atoms with E-state index >= 15 is 0 Å². The lowest BCUT2D eigenvalue weighted by atomic mass is 10.3. The summed E-state index contributed by atoms with van der Waals surface area (Å²) in [4.78, 5) is 4.16. The Morgan fingerprint density at radius 3 is 2.93 bits per heavy atom. The molecule has 2 heterocycles. The van der Waals surface area contributed by atoms with E-state index in [0.29, 0.717) is 24.0 Å². The summed E-state index contributed by atoms with van der Waals surface area (Å²) in [6.07, 6.45) is 1.69. The Labute approximate surface area is 95.1 Å². The molecule has 0 aliphatic carbocycles. The summed E-state index contributed by atoms with van der Waals surface area (Å²) < 4.78 is 6.31. The second-order valence-electron chi connectivity index (χ2n) is 2.89. The molecule has 2 rings (SSSR count). The summed E-state index contributed by atoms with van der Waals surface area (Å²) in [5.41, 5.74) is 0.674. The second-order valence-corrected chi connectivity index (χ2v) is 3.81. The van der Waals surface area contributed by atoms with Crippen LogP contribution in [0.15, 0.2) is 27.2 Å². The van der Waals surface area contributed by atoms with Crippen LogP contribution in [-0.2, 0) is 6.54 Å². The van der Waals surface area contributed by atoms with Gasteiger partial charge in [-0.15, -0.1) is 10.2 Å². The molecular weight excluding hydrogens is 260 g/mol. The molecule has 0 unspecified atom stereocenters. The minimum atomic E-state index is 0.438. The first-order valence-electron chi connectivity index (χ1n) is 4.38. The van der Waals surface area contributed by atoms with Crippen LogP contribution in [0.1, 0.15) is 5.89 Å². The molecule has 78 valence electrons. The lowest BCUT2D eigenvalue weighted by Gasteiger charge is -1.93. The molecule has 6 heteroatoms. The quantitative estimate of drug-likeness (QED) is 0.917. The molecule has 0 aliphatic heterocycles. The molecule has 2 aromatic heterocycles. The summed E-state index contributed by atoms with van der Waals surface area (Å²) in [5, 5.41) is 10.7. The molecule has 2 aromatic rings. The summed E-state index contributed by atoms with van der Waals surface area (Å²) in [6.45, 7) is 0.559. The number of hydrogen-bond acceptors (Lipinski definition) is 5. The van der Waals surface area contributed by atoms with E-state index in [1.54, 1.807) is 6.20 Å². The molecule has 0 radical (unpaired) electrons. The van der Waals surface area contributed by atoms with Gasteiger partial charge in [0, 0.05) is 10.7 Å². The number of pyridine rings is 1. The molecule has 0 aliphatic rings. The van der Waals surface area contributed by atoms with Crippen molar-refractivity contribution in [2.24, 2.45) is 0 Å². The van der Waals surface area contributed by atoms with Crippen molar-refractivity contribution >= 4 is 15.9 Å². The number of nitrogens with zero attached hydrogens (tertiary/aromatic N) is 3. The van der Waals surface area contributed by atoms with E-state index in [0.717, 1.165) is 4.47 Å². The Bertz CT molecular complexity index is 440. The van der Waals surface area contributed by atoms with Crippen molar-refractivity contribution < 1.29 is 4.42 Å². The van der Waals surface area contributed by atoms with Gasteiger partial charge in [-0.2, -0.15) is 0 Å². The smallest absolute Gasteiger partial charge is 0.266 e. The molecule has 0 saturated carbocycles. The fourth-order valence-electron chi connectivity index (χ4n) is 1.08. The van der Waals surface area contributed by atoms with Gasteiger partial charge in [0.25, 0.3) is 5.89 Å². The fraction of sp³-hybridized carbons (Fsp3) is 0.222. The van der Waals surface area contributed by atoms with E-state index in [1.807, 2.05) is 19.2 Å². The standard InChI is InChI=1S/C9H9BrN4O/c1-11-5-8-13-14-9(15-8)7-3-2-6(10)4-12-7/h2-4,11H,5H2,1H3. The third kappa shape index (κ3) is 2.40. The van der Waals surface area contributed by atoms with Crippen molar-refractivity contribution in [1.82, 2.24) is 20.5 Å². The zero-order chi connectivity index (χ0) is 10.7. The predicted molar refractivity (Wildman–Crippen MR) is 58.0 cm³/mol. The van der Waals surface area contributed by atoms with Gasteiger partial charge >= 0.3 is 0 Å². The molecule has 1 N–H and O–H groups in total. The minimum Gasteiger partial charge on any atom is -0.418 e. The van der Waals surface area contributed by atoms with Gasteiger partial charge in [-0.25, -0.2) is 4.98 Å². The molecular formula is C9H9BrN4O. The molecule has 15 heavy (non-hydrogen) atoms. The number of hydrogen-bond donors (Lipinski definition) is 1. The van der Waals surface area contributed by atoms with Gasteiger partial charge in [-0.05, 0) is 35.1 Å². The maximum atomic E-state index is 5.39. The average Bonchev–Trinajstić information content (AvgIpc) is 2.68. The van der Waals surface area contributed by atoms with Crippen LogP contribution in [0.4, 0.5) is 0 Å². The van der Waals surface area contributed by atoms with E-state index in [9.17, 15) is 0 Å². The number of halogens is 1. The van der Waals surface area contributed by atoms with Gasteiger partial charge in [0.1, 0.15) is 5.69 Å². The van der Waals surface area contributed by atoms with E-state index < -0.39 is 0 Å². The Hall–Kier alpha value is -1.27. The molecule has 0 saturated heterocycles. The Morgan fingerprint density at radius 2 is 2.27 bits per heavy atom. The molecule has 0 atom stereocenters. The van der Waals surface area contributed by atoms with Gasteiger partial charge in [0.15, 0.2) is 0 Å². The van der Waals surface area contributed by atoms with Crippen molar-refractivity contribution in [3.8, 4) is 11.6 Å². The van der Waals surface area contributed by atoms with Gasteiger partial charge in [0.2, 0.25) is 5.89 Å². The highest BCUT2D eigenvalue weighted by atomic mass is 79.9. The van der Waals surface area contributed by atoms with Crippen LogP contribution in [0, 0.1) is 0 Å². The topological polar surface area (TPSA) is 63.8 Å². The monoisotopic (exact) mass is 268 g/mol. The Morgan fingerprint density at radius 1 is 1.40 bits per heavy atom. The van der Waals surface area contributed by atoms with Crippen molar-refractivity contribution in [2.45, 2.75) is 6.54 Å². The minimum absolute atomic E-state index is 0.438. The number of nitrogens with one attached hydrogen (secondary N) is 1. The van der Waals surface area contributed by atoms with E-state index in [-0.39, 0.29) is 0 Å². The maximum absolute atomic E-state index is 5.39. The summed E-state index contributed by atoms with van der Waals surface area (Å²) >= 11 is 3.31. The first-order valence-corrected chi connectivity index (χ1v) is 5.18.